The third-order valence-corrected chi connectivity index (χ3v) is 4.51. The fourth-order valence-electron chi connectivity index (χ4n) is 3.67. The summed E-state index contributed by atoms with van der Waals surface area (Å²) >= 11 is 0. The van der Waals surface area contributed by atoms with Crippen molar-refractivity contribution in [3.8, 4) is 0 Å². The molecule has 1 aromatic rings. The van der Waals surface area contributed by atoms with E-state index in [0.717, 1.165) is 19.3 Å². The highest BCUT2D eigenvalue weighted by molar-refractivity contribution is 5.22. The third-order valence-electron chi connectivity index (χ3n) is 4.51. The fraction of sp³-hybridized carbons (Fsp3) is 0.667. The predicted molar refractivity (Wildman–Crippen MR) is 84.8 cm³/mol. The van der Waals surface area contributed by atoms with Crippen molar-refractivity contribution in [2.45, 2.75) is 71.1 Å². The molecule has 0 aliphatic carbocycles. The Morgan fingerprint density at radius 3 is 2.55 bits per heavy atom. The number of hydrogen-bond donors (Lipinski definition) is 1. The number of aryl methyl sites for hydroxylation is 2. The van der Waals surface area contributed by atoms with Gasteiger partial charge in [-0.05, 0) is 59.4 Å². The maximum Gasteiger partial charge on any atom is 0.0677 e. The van der Waals surface area contributed by atoms with Crippen LogP contribution in [0.5, 0.6) is 0 Å². The van der Waals surface area contributed by atoms with Gasteiger partial charge in [0.25, 0.3) is 0 Å². The molecule has 1 aromatic carbocycles. The molecule has 0 aromatic heterocycles. The largest absolute Gasteiger partial charge is 0.369 e. The summed E-state index contributed by atoms with van der Waals surface area (Å²) in [6, 6.07) is 8.92. The summed E-state index contributed by atoms with van der Waals surface area (Å²) in [7, 11) is 0. The average molecular weight is 275 g/mol. The van der Waals surface area contributed by atoms with Crippen LogP contribution in [0.2, 0.25) is 0 Å². The number of ether oxygens (including phenoxy) is 1. The Morgan fingerprint density at radius 1 is 1.30 bits per heavy atom. The van der Waals surface area contributed by atoms with Crippen molar-refractivity contribution in [2.75, 3.05) is 0 Å². The molecule has 1 heterocycles. The highest BCUT2D eigenvalue weighted by atomic mass is 16.5. The molecule has 2 atom stereocenters. The molecule has 0 saturated carbocycles. The van der Waals surface area contributed by atoms with Gasteiger partial charge in [-0.25, -0.2) is 0 Å². The van der Waals surface area contributed by atoms with Crippen LogP contribution < -0.4 is 5.73 Å². The Hall–Kier alpha value is -0.860. The second-order valence-corrected chi connectivity index (χ2v) is 7.47. The lowest BCUT2D eigenvalue weighted by Gasteiger charge is -2.31. The molecule has 0 amide bonds. The number of nitrogens with two attached hydrogens (primary N) is 1. The summed E-state index contributed by atoms with van der Waals surface area (Å²) in [5.74, 6) is 0.433. The second kappa shape index (κ2) is 5.50. The van der Waals surface area contributed by atoms with Gasteiger partial charge in [0, 0.05) is 12.0 Å². The molecule has 1 saturated heterocycles. The number of rotatable bonds is 4. The molecule has 0 spiro atoms. The molecule has 0 radical (unpaired) electrons. The Morgan fingerprint density at radius 2 is 2.00 bits per heavy atom. The SMILES string of the molecule is Cc1cccc(CCC(N)C2CC(C)(C)OC2(C)C)c1. The average Bonchev–Trinajstić information content (AvgIpc) is 2.54. The van der Waals surface area contributed by atoms with E-state index in [9.17, 15) is 0 Å². The van der Waals surface area contributed by atoms with Crippen LogP contribution in [0.15, 0.2) is 24.3 Å². The first kappa shape index (κ1) is 15.5. The van der Waals surface area contributed by atoms with Crippen LogP contribution in [-0.4, -0.2) is 17.2 Å². The van der Waals surface area contributed by atoms with Crippen LogP contribution in [0.1, 0.15) is 51.7 Å². The molecule has 1 aliphatic rings. The Labute approximate surface area is 123 Å². The van der Waals surface area contributed by atoms with Crippen molar-refractivity contribution in [3.05, 3.63) is 35.4 Å². The van der Waals surface area contributed by atoms with Gasteiger partial charge in [-0.1, -0.05) is 29.8 Å². The smallest absolute Gasteiger partial charge is 0.0677 e. The van der Waals surface area contributed by atoms with Gasteiger partial charge < -0.3 is 10.5 Å². The van der Waals surface area contributed by atoms with E-state index >= 15 is 0 Å². The summed E-state index contributed by atoms with van der Waals surface area (Å²) in [5.41, 5.74) is 9.03. The van der Waals surface area contributed by atoms with Gasteiger partial charge in [0.1, 0.15) is 0 Å². The first-order chi connectivity index (χ1) is 9.20. The van der Waals surface area contributed by atoms with Crippen molar-refractivity contribution < 1.29 is 4.74 Å². The van der Waals surface area contributed by atoms with Gasteiger partial charge in [-0.15, -0.1) is 0 Å². The van der Waals surface area contributed by atoms with E-state index in [1.807, 2.05) is 0 Å². The van der Waals surface area contributed by atoms with E-state index in [0.29, 0.717) is 5.92 Å². The van der Waals surface area contributed by atoms with E-state index in [2.05, 4.69) is 58.9 Å². The van der Waals surface area contributed by atoms with Crippen molar-refractivity contribution in [1.82, 2.24) is 0 Å². The predicted octanol–water partition coefficient (Wildman–Crippen LogP) is 3.85. The van der Waals surface area contributed by atoms with Gasteiger partial charge in [0.2, 0.25) is 0 Å². The summed E-state index contributed by atoms with van der Waals surface area (Å²) in [5, 5.41) is 0. The van der Waals surface area contributed by atoms with Crippen LogP contribution in [0, 0.1) is 12.8 Å². The lowest BCUT2D eigenvalue weighted by atomic mass is 9.80. The van der Waals surface area contributed by atoms with Gasteiger partial charge >= 0.3 is 0 Å². The number of benzene rings is 1. The lowest BCUT2D eigenvalue weighted by Crippen LogP contribution is -2.41. The van der Waals surface area contributed by atoms with E-state index in [-0.39, 0.29) is 17.2 Å². The Bertz CT molecular complexity index is 464. The fourth-order valence-corrected chi connectivity index (χ4v) is 3.67. The molecular weight excluding hydrogens is 246 g/mol. The van der Waals surface area contributed by atoms with Gasteiger partial charge in [0.15, 0.2) is 0 Å². The monoisotopic (exact) mass is 275 g/mol. The van der Waals surface area contributed by atoms with E-state index in [1.54, 1.807) is 0 Å². The van der Waals surface area contributed by atoms with Crippen molar-refractivity contribution in [1.29, 1.82) is 0 Å². The van der Waals surface area contributed by atoms with Crippen LogP contribution >= 0.6 is 0 Å². The first-order valence-corrected chi connectivity index (χ1v) is 7.71. The molecule has 2 nitrogen and oxygen atoms in total. The summed E-state index contributed by atoms with van der Waals surface area (Å²) in [4.78, 5) is 0. The van der Waals surface area contributed by atoms with Crippen molar-refractivity contribution >= 4 is 0 Å². The van der Waals surface area contributed by atoms with Gasteiger partial charge in [0.05, 0.1) is 11.2 Å². The maximum atomic E-state index is 6.48. The van der Waals surface area contributed by atoms with E-state index in [4.69, 9.17) is 10.5 Å². The molecule has 112 valence electrons. The standard InChI is InChI=1S/C18H29NO/c1-13-7-6-8-14(11-13)9-10-16(19)15-12-17(2,3)20-18(15,4)5/h6-8,11,15-16H,9-10,12,19H2,1-5H3. The topological polar surface area (TPSA) is 35.2 Å². The molecule has 20 heavy (non-hydrogen) atoms. The molecule has 2 N–H and O–H groups in total. The minimum Gasteiger partial charge on any atom is -0.369 e. The minimum atomic E-state index is -0.116. The highest BCUT2D eigenvalue weighted by Crippen LogP contribution is 2.43. The van der Waals surface area contributed by atoms with Crippen molar-refractivity contribution in [3.63, 3.8) is 0 Å². The molecule has 2 rings (SSSR count). The molecule has 1 fully saturated rings. The molecule has 1 aliphatic heterocycles. The summed E-state index contributed by atoms with van der Waals surface area (Å²) < 4.78 is 6.16. The van der Waals surface area contributed by atoms with Crippen LogP contribution in [-0.2, 0) is 11.2 Å². The zero-order chi connectivity index (χ0) is 15.0. The van der Waals surface area contributed by atoms with Gasteiger partial charge in [-0.3, -0.25) is 0 Å². The molecule has 2 unspecified atom stereocenters. The van der Waals surface area contributed by atoms with Crippen LogP contribution in [0.25, 0.3) is 0 Å². The van der Waals surface area contributed by atoms with Crippen LogP contribution in [0.4, 0.5) is 0 Å². The first-order valence-electron chi connectivity index (χ1n) is 7.71. The summed E-state index contributed by atoms with van der Waals surface area (Å²) in [6.45, 7) is 10.8. The third kappa shape index (κ3) is 3.62. The van der Waals surface area contributed by atoms with Gasteiger partial charge in [-0.2, -0.15) is 0 Å². The molecule has 2 heteroatoms. The Kier molecular flexibility index (Phi) is 4.27. The minimum absolute atomic E-state index is 0.0465. The Balaban J connectivity index is 1.97. The molecular formula is C18H29NO. The second-order valence-electron chi connectivity index (χ2n) is 7.47. The normalized spacial score (nSPS) is 25.6. The summed E-state index contributed by atoms with van der Waals surface area (Å²) in [6.07, 6.45) is 3.13. The van der Waals surface area contributed by atoms with Crippen LogP contribution in [0.3, 0.4) is 0 Å². The maximum absolute atomic E-state index is 6.48. The number of hydrogen-bond acceptors (Lipinski definition) is 2. The van der Waals surface area contributed by atoms with Crippen molar-refractivity contribution in [2.24, 2.45) is 11.7 Å². The zero-order valence-electron chi connectivity index (χ0n) is 13.6. The quantitative estimate of drug-likeness (QED) is 0.906. The lowest BCUT2D eigenvalue weighted by molar-refractivity contribution is -0.0767. The van der Waals surface area contributed by atoms with E-state index < -0.39 is 0 Å². The van der Waals surface area contributed by atoms with E-state index in [1.165, 1.54) is 11.1 Å². The zero-order valence-corrected chi connectivity index (χ0v) is 13.6. The highest BCUT2D eigenvalue weighted by Gasteiger charge is 2.47. The molecule has 0 bridgehead atoms.